The molecule has 6 nitrogen and oxygen atoms in total. The molecule has 0 aliphatic heterocycles. The molecule has 162 valence electrons. The van der Waals surface area contributed by atoms with Crippen LogP contribution in [0, 0.1) is 0 Å². The lowest BCUT2D eigenvalue weighted by Gasteiger charge is -2.13. The average molecular weight is 487 g/mol. The highest BCUT2D eigenvalue weighted by atomic mass is 35.5. The zero-order valence-electron chi connectivity index (χ0n) is 16.6. The molecule has 0 radical (unpaired) electrons. The second-order valence-corrected chi connectivity index (χ2v) is 8.43. The third kappa shape index (κ3) is 4.28. The molecule has 0 saturated heterocycles. The number of anilines is 1. The van der Waals surface area contributed by atoms with Gasteiger partial charge in [-0.25, -0.2) is 9.78 Å². The van der Waals surface area contributed by atoms with Gasteiger partial charge in [0.2, 0.25) is 0 Å². The van der Waals surface area contributed by atoms with Crippen LogP contribution in [0.2, 0.25) is 10.0 Å². The normalized spacial score (nSPS) is 10.8. The number of ether oxygens (including phenoxy) is 1. The van der Waals surface area contributed by atoms with E-state index in [2.05, 4.69) is 10.5 Å². The van der Waals surface area contributed by atoms with Gasteiger partial charge in [-0.05, 0) is 35.9 Å². The molecule has 0 fully saturated rings. The highest BCUT2D eigenvalue weighted by Gasteiger charge is 2.18. The number of hydrogen-bond donors (Lipinski definition) is 3. The van der Waals surface area contributed by atoms with E-state index in [4.69, 9.17) is 27.9 Å². The summed E-state index contributed by atoms with van der Waals surface area (Å²) in [6, 6.07) is 15.3. The van der Waals surface area contributed by atoms with Gasteiger partial charge in [-0.15, -0.1) is 11.3 Å². The predicted molar refractivity (Wildman–Crippen MR) is 127 cm³/mol. The molecule has 0 atom stereocenters. The largest absolute Gasteiger partial charge is 0.497 e. The fraction of sp³-hybridized carbons (Fsp3) is 0.0435. The maximum absolute atomic E-state index is 12.0. The summed E-state index contributed by atoms with van der Waals surface area (Å²) in [5.74, 6) is -0.570. The molecule has 0 saturated carbocycles. The number of nitrogens with zero attached hydrogens (tertiary/aromatic N) is 1. The molecular formula is C23H16Cl2N2O4S. The smallest absolute Gasteiger partial charge is 0.336 e. The number of aromatic nitrogens is 1. The minimum absolute atomic E-state index is 0.0791. The molecule has 9 heteroatoms. The van der Waals surface area contributed by atoms with Crippen molar-refractivity contribution in [3.05, 3.63) is 75.6 Å². The van der Waals surface area contributed by atoms with Crippen molar-refractivity contribution in [1.29, 1.82) is 0 Å². The molecule has 0 amide bonds. The Morgan fingerprint density at radius 2 is 1.75 bits per heavy atom. The van der Waals surface area contributed by atoms with Crippen molar-refractivity contribution >= 4 is 46.2 Å². The Labute approximate surface area is 197 Å². The summed E-state index contributed by atoms with van der Waals surface area (Å²) in [4.78, 5) is 16.7. The SMILES string of the molecule is COc1ccc(-c2ccc(-c3nc(-c4ccc(Cl)c(Cl)c4)cs3)cc2C(=O)O)c(NO)c1. The maximum Gasteiger partial charge on any atom is 0.336 e. The van der Waals surface area contributed by atoms with Crippen molar-refractivity contribution in [2.75, 3.05) is 12.6 Å². The predicted octanol–water partition coefficient (Wildman–Crippen LogP) is 6.96. The van der Waals surface area contributed by atoms with E-state index in [1.54, 1.807) is 48.5 Å². The zero-order chi connectivity index (χ0) is 22.8. The first kappa shape index (κ1) is 22.1. The molecule has 3 N–H and O–H groups in total. The Balaban J connectivity index is 1.76. The van der Waals surface area contributed by atoms with Crippen LogP contribution in [0.3, 0.4) is 0 Å². The Bertz CT molecular complexity index is 1320. The van der Waals surface area contributed by atoms with Crippen molar-refractivity contribution in [2.24, 2.45) is 0 Å². The fourth-order valence-electron chi connectivity index (χ4n) is 3.26. The molecule has 0 aliphatic rings. The van der Waals surface area contributed by atoms with Crippen LogP contribution < -0.4 is 10.2 Å². The monoisotopic (exact) mass is 486 g/mol. The number of halogens is 2. The van der Waals surface area contributed by atoms with E-state index in [0.717, 1.165) is 5.56 Å². The molecule has 4 rings (SSSR count). The number of carboxylic acids is 1. The van der Waals surface area contributed by atoms with Crippen LogP contribution in [0.1, 0.15) is 10.4 Å². The van der Waals surface area contributed by atoms with Gasteiger partial charge in [0.25, 0.3) is 0 Å². The van der Waals surface area contributed by atoms with Gasteiger partial charge in [-0.2, -0.15) is 0 Å². The highest BCUT2D eigenvalue weighted by Crippen LogP contribution is 2.37. The minimum Gasteiger partial charge on any atom is -0.497 e. The number of carbonyl (C=O) groups is 1. The van der Waals surface area contributed by atoms with Gasteiger partial charge >= 0.3 is 5.97 Å². The van der Waals surface area contributed by atoms with Crippen LogP contribution >= 0.6 is 34.5 Å². The first-order chi connectivity index (χ1) is 15.4. The van der Waals surface area contributed by atoms with E-state index < -0.39 is 5.97 Å². The molecule has 0 unspecified atom stereocenters. The van der Waals surface area contributed by atoms with Gasteiger partial charge < -0.3 is 9.84 Å². The number of methoxy groups -OCH3 is 1. The molecule has 0 bridgehead atoms. The van der Waals surface area contributed by atoms with E-state index in [1.807, 2.05) is 11.4 Å². The van der Waals surface area contributed by atoms with Gasteiger partial charge in [0, 0.05) is 28.1 Å². The van der Waals surface area contributed by atoms with E-state index >= 15 is 0 Å². The molecule has 0 spiro atoms. The second-order valence-electron chi connectivity index (χ2n) is 6.76. The van der Waals surface area contributed by atoms with Crippen molar-refractivity contribution in [3.63, 3.8) is 0 Å². The number of thiazole rings is 1. The van der Waals surface area contributed by atoms with Crippen LogP contribution in [0.25, 0.3) is 33.0 Å². The number of carboxylic acid groups (broad SMARTS) is 1. The topological polar surface area (TPSA) is 91.7 Å². The van der Waals surface area contributed by atoms with E-state index in [9.17, 15) is 15.1 Å². The van der Waals surface area contributed by atoms with Crippen molar-refractivity contribution in [1.82, 2.24) is 4.98 Å². The molecule has 1 aromatic heterocycles. The molecule has 1 heterocycles. The lowest BCUT2D eigenvalue weighted by Crippen LogP contribution is -2.02. The molecule has 0 aliphatic carbocycles. The summed E-state index contributed by atoms with van der Waals surface area (Å²) in [6.45, 7) is 0. The number of benzene rings is 3. The van der Waals surface area contributed by atoms with Crippen molar-refractivity contribution in [2.45, 2.75) is 0 Å². The molecule has 3 aromatic carbocycles. The van der Waals surface area contributed by atoms with Gasteiger partial charge in [0.15, 0.2) is 0 Å². The van der Waals surface area contributed by atoms with E-state index in [0.29, 0.717) is 48.9 Å². The van der Waals surface area contributed by atoms with E-state index in [1.165, 1.54) is 18.4 Å². The molecular weight excluding hydrogens is 471 g/mol. The van der Waals surface area contributed by atoms with Gasteiger partial charge in [0.1, 0.15) is 10.8 Å². The summed E-state index contributed by atoms with van der Waals surface area (Å²) in [5, 5.41) is 22.8. The maximum atomic E-state index is 12.0. The summed E-state index contributed by atoms with van der Waals surface area (Å²) >= 11 is 13.5. The molecule has 4 aromatic rings. The molecule has 32 heavy (non-hydrogen) atoms. The Morgan fingerprint density at radius 1 is 1.00 bits per heavy atom. The van der Waals surface area contributed by atoms with Gasteiger partial charge in [0.05, 0.1) is 34.1 Å². The average Bonchev–Trinajstić information content (AvgIpc) is 3.30. The van der Waals surface area contributed by atoms with E-state index in [-0.39, 0.29) is 5.56 Å². The zero-order valence-corrected chi connectivity index (χ0v) is 18.9. The number of hydrogen-bond acceptors (Lipinski definition) is 6. The summed E-state index contributed by atoms with van der Waals surface area (Å²) in [5.41, 5.74) is 5.67. The number of nitrogens with one attached hydrogen (secondary N) is 1. The minimum atomic E-state index is -1.09. The summed E-state index contributed by atoms with van der Waals surface area (Å²) in [7, 11) is 1.51. The van der Waals surface area contributed by atoms with Gasteiger partial charge in [-0.1, -0.05) is 41.4 Å². The second kappa shape index (κ2) is 9.18. The lowest BCUT2D eigenvalue weighted by molar-refractivity contribution is 0.0697. The Morgan fingerprint density at radius 3 is 2.44 bits per heavy atom. The number of rotatable bonds is 6. The van der Waals surface area contributed by atoms with Crippen molar-refractivity contribution < 1.29 is 19.8 Å². The van der Waals surface area contributed by atoms with Crippen LogP contribution in [-0.4, -0.2) is 28.4 Å². The third-order valence-electron chi connectivity index (χ3n) is 4.85. The fourth-order valence-corrected chi connectivity index (χ4v) is 4.39. The Hall–Kier alpha value is -3.10. The quantitative estimate of drug-likeness (QED) is 0.255. The van der Waals surface area contributed by atoms with Gasteiger partial charge in [-0.3, -0.25) is 10.7 Å². The Kier molecular flexibility index (Phi) is 6.34. The van der Waals surface area contributed by atoms with Crippen LogP contribution in [-0.2, 0) is 0 Å². The lowest BCUT2D eigenvalue weighted by atomic mass is 9.96. The first-order valence-corrected chi connectivity index (χ1v) is 10.9. The first-order valence-electron chi connectivity index (χ1n) is 9.28. The van der Waals surface area contributed by atoms with Crippen LogP contribution in [0.5, 0.6) is 5.75 Å². The summed E-state index contributed by atoms with van der Waals surface area (Å²) in [6.07, 6.45) is 0. The van der Waals surface area contributed by atoms with Crippen molar-refractivity contribution in [3.8, 4) is 38.7 Å². The third-order valence-corrected chi connectivity index (χ3v) is 6.48. The van der Waals surface area contributed by atoms with Crippen LogP contribution in [0.4, 0.5) is 5.69 Å². The highest BCUT2D eigenvalue weighted by molar-refractivity contribution is 7.13. The standard InChI is InChI=1S/C23H16Cl2N2O4S/c1-31-14-4-6-16(20(10-14)27-30)15-5-2-13(8-17(15)23(28)29)22-26-21(11-32-22)12-3-7-18(24)19(25)9-12/h2-11,27,30H,1H3,(H,28,29). The number of aromatic carboxylic acids is 1. The van der Waals surface area contributed by atoms with Crippen LogP contribution in [0.15, 0.2) is 60.0 Å². The summed E-state index contributed by atoms with van der Waals surface area (Å²) < 4.78 is 5.16.